The van der Waals surface area contributed by atoms with Crippen LogP contribution in [-0.4, -0.2) is 6.54 Å². The van der Waals surface area contributed by atoms with Gasteiger partial charge in [-0.3, -0.25) is 0 Å². The molecule has 0 aliphatic rings. The molecule has 1 nitrogen and oxygen atoms in total. The molecule has 0 heterocycles. The molecule has 3 heteroatoms. The van der Waals surface area contributed by atoms with E-state index in [1.54, 1.807) is 0 Å². The minimum Gasteiger partial charge on any atom is -0.330 e. The molecule has 0 aliphatic heterocycles. The fourth-order valence-corrected chi connectivity index (χ4v) is 1.90. The van der Waals surface area contributed by atoms with Gasteiger partial charge < -0.3 is 5.73 Å². The Labute approximate surface area is 92.6 Å². The molecule has 78 valence electrons. The summed E-state index contributed by atoms with van der Waals surface area (Å²) in [6.07, 6.45) is 0.960. The van der Waals surface area contributed by atoms with Crippen molar-refractivity contribution in [1.29, 1.82) is 0 Å². The number of hydrogen-bond acceptors (Lipinski definition) is 1. The monoisotopic (exact) mass is 259 g/mol. The van der Waals surface area contributed by atoms with Crippen LogP contribution in [0.5, 0.6) is 0 Å². The highest BCUT2D eigenvalue weighted by molar-refractivity contribution is 9.10. The number of rotatable bonds is 4. The fourth-order valence-electron chi connectivity index (χ4n) is 1.40. The number of benzene rings is 1. The molecule has 1 aromatic carbocycles. The van der Waals surface area contributed by atoms with E-state index in [-0.39, 0.29) is 0 Å². The maximum atomic E-state index is 12.4. The maximum Gasteiger partial charge on any atom is 0.116 e. The first kappa shape index (κ1) is 11.7. The average Bonchev–Trinajstić information content (AvgIpc) is 2.18. The SMILES string of the molecule is CC(CCN)c1ccc(CF)c(Br)c1. The second-order valence-corrected chi connectivity index (χ2v) is 4.32. The van der Waals surface area contributed by atoms with Crippen LogP contribution in [-0.2, 0) is 6.67 Å². The lowest BCUT2D eigenvalue weighted by Crippen LogP contribution is -2.04. The number of halogens is 2. The summed E-state index contributed by atoms with van der Waals surface area (Å²) in [4.78, 5) is 0. The first-order valence-electron chi connectivity index (χ1n) is 4.73. The van der Waals surface area contributed by atoms with E-state index in [1.165, 1.54) is 5.56 Å². The summed E-state index contributed by atoms with van der Waals surface area (Å²) < 4.78 is 13.3. The fraction of sp³-hybridized carbons (Fsp3) is 0.455. The van der Waals surface area contributed by atoms with Gasteiger partial charge in [0.2, 0.25) is 0 Å². The third-order valence-corrected chi connectivity index (χ3v) is 3.13. The summed E-state index contributed by atoms with van der Waals surface area (Å²) in [7, 11) is 0. The van der Waals surface area contributed by atoms with Crippen LogP contribution in [0, 0.1) is 0 Å². The van der Waals surface area contributed by atoms with Crippen molar-refractivity contribution >= 4 is 15.9 Å². The molecule has 1 aromatic rings. The van der Waals surface area contributed by atoms with Crippen molar-refractivity contribution < 1.29 is 4.39 Å². The number of alkyl halides is 1. The van der Waals surface area contributed by atoms with Gasteiger partial charge in [-0.05, 0) is 36.1 Å². The van der Waals surface area contributed by atoms with Crippen LogP contribution in [0.4, 0.5) is 4.39 Å². The Bertz CT molecular complexity index is 301. The van der Waals surface area contributed by atoms with Gasteiger partial charge in [0, 0.05) is 4.47 Å². The Hall–Kier alpha value is -0.410. The summed E-state index contributed by atoms with van der Waals surface area (Å²) in [5.41, 5.74) is 7.40. The van der Waals surface area contributed by atoms with Crippen molar-refractivity contribution in [2.75, 3.05) is 6.54 Å². The summed E-state index contributed by atoms with van der Waals surface area (Å²) in [6, 6.07) is 5.78. The van der Waals surface area contributed by atoms with Gasteiger partial charge in [-0.15, -0.1) is 0 Å². The van der Waals surface area contributed by atoms with Crippen LogP contribution in [0.1, 0.15) is 30.4 Å². The largest absolute Gasteiger partial charge is 0.330 e. The molecule has 0 saturated heterocycles. The van der Waals surface area contributed by atoms with Gasteiger partial charge in [0.25, 0.3) is 0 Å². The van der Waals surface area contributed by atoms with E-state index < -0.39 is 6.67 Å². The van der Waals surface area contributed by atoms with Crippen molar-refractivity contribution in [2.24, 2.45) is 5.73 Å². The summed E-state index contributed by atoms with van der Waals surface area (Å²) in [5.74, 6) is 0.435. The molecular formula is C11H15BrFN. The molecule has 0 spiro atoms. The van der Waals surface area contributed by atoms with Gasteiger partial charge in [0.05, 0.1) is 0 Å². The minimum absolute atomic E-state index is 0.424. The quantitative estimate of drug-likeness (QED) is 0.882. The minimum atomic E-state index is -0.424. The van der Waals surface area contributed by atoms with E-state index in [9.17, 15) is 4.39 Å². The van der Waals surface area contributed by atoms with Crippen molar-refractivity contribution in [3.8, 4) is 0 Å². The molecule has 1 rings (SSSR count). The van der Waals surface area contributed by atoms with Crippen molar-refractivity contribution in [1.82, 2.24) is 0 Å². The first-order valence-corrected chi connectivity index (χ1v) is 5.52. The van der Waals surface area contributed by atoms with Crippen molar-refractivity contribution in [2.45, 2.75) is 25.9 Å². The second kappa shape index (κ2) is 5.47. The summed E-state index contributed by atoms with van der Waals surface area (Å²) >= 11 is 3.36. The second-order valence-electron chi connectivity index (χ2n) is 3.46. The molecular weight excluding hydrogens is 245 g/mol. The molecule has 0 aromatic heterocycles. The molecule has 0 saturated carbocycles. The van der Waals surface area contributed by atoms with Crippen LogP contribution in [0.15, 0.2) is 22.7 Å². The molecule has 2 N–H and O–H groups in total. The van der Waals surface area contributed by atoms with Gasteiger partial charge in [-0.25, -0.2) is 4.39 Å². The zero-order chi connectivity index (χ0) is 10.6. The average molecular weight is 260 g/mol. The molecule has 14 heavy (non-hydrogen) atoms. The van der Waals surface area contributed by atoms with E-state index >= 15 is 0 Å². The first-order chi connectivity index (χ1) is 6.69. The van der Waals surface area contributed by atoms with Crippen molar-refractivity contribution in [3.05, 3.63) is 33.8 Å². The van der Waals surface area contributed by atoms with E-state index in [2.05, 4.69) is 22.9 Å². The molecule has 0 fully saturated rings. The number of nitrogens with two attached hydrogens (primary N) is 1. The molecule has 1 atom stereocenters. The smallest absolute Gasteiger partial charge is 0.116 e. The Morgan fingerprint density at radius 2 is 2.21 bits per heavy atom. The highest BCUT2D eigenvalue weighted by Gasteiger charge is 2.07. The molecule has 1 unspecified atom stereocenters. The van der Waals surface area contributed by atoms with E-state index in [1.807, 2.05) is 18.2 Å². The van der Waals surface area contributed by atoms with E-state index in [4.69, 9.17) is 5.73 Å². The molecule has 0 radical (unpaired) electrons. The molecule has 0 bridgehead atoms. The Morgan fingerprint density at radius 1 is 1.50 bits per heavy atom. The predicted octanol–water partition coefficient (Wildman–Crippen LogP) is 3.37. The van der Waals surface area contributed by atoms with E-state index in [0.717, 1.165) is 10.9 Å². The van der Waals surface area contributed by atoms with Crippen LogP contribution in [0.2, 0.25) is 0 Å². The van der Waals surface area contributed by atoms with Gasteiger partial charge in [0.15, 0.2) is 0 Å². The van der Waals surface area contributed by atoms with Crippen LogP contribution in [0.3, 0.4) is 0 Å². The highest BCUT2D eigenvalue weighted by atomic mass is 79.9. The summed E-state index contributed by atoms with van der Waals surface area (Å²) in [5, 5.41) is 0. The maximum absolute atomic E-state index is 12.4. The van der Waals surface area contributed by atoms with Crippen LogP contribution in [0.25, 0.3) is 0 Å². The predicted molar refractivity (Wildman–Crippen MR) is 61.0 cm³/mol. The standard InChI is InChI=1S/C11H15BrFN/c1-8(4-5-14)9-2-3-10(7-13)11(12)6-9/h2-3,6,8H,4-5,7,14H2,1H3. The lowest BCUT2D eigenvalue weighted by molar-refractivity contribution is 0.483. The zero-order valence-electron chi connectivity index (χ0n) is 8.26. The van der Waals surface area contributed by atoms with Crippen molar-refractivity contribution in [3.63, 3.8) is 0 Å². The third kappa shape index (κ3) is 2.79. The lowest BCUT2D eigenvalue weighted by Gasteiger charge is -2.11. The topological polar surface area (TPSA) is 26.0 Å². The zero-order valence-corrected chi connectivity index (χ0v) is 9.85. The normalized spacial score (nSPS) is 12.9. The molecule has 0 aliphatic carbocycles. The van der Waals surface area contributed by atoms with Gasteiger partial charge >= 0.3 is 0 Å². The lowest BCUT2D eigenvalue weighted by atomic mass is 9.97. The Morgan fingerprint density at radius 3 is 2.71 bits per heavy atom. The van der Waals surface area contributed by atoms with Gasteiger partial charge in [-0.1, -0.05) is 35.0 Å². The third-order valence-electron chi connectivity index (χ3n) is 2.39. The highest BCUT2D eigenvalue weighted by Crippen LogP contribution is 2.25. The molecule has 0 amide bonds. The van der Waals surface area contributed by atoms with Crippen LogP contribution < -0.4 is 5.73 Å². The van der Waals surface area contributed by atoms with Gasteiger partial charge in [-0.2, -0.15) is 0 Å². The Balaban J connectivity index is 2.85. The van der Waals surface area contributed by atoms with E-state index in [0.29, 0.717) is 18.0 Å². The van der Waals surface area contributed by atoms with Gasteiger partial charge in [0.1, 0.15) is 6.67 Å². The van der Waals surface area contributed by atoms with Crippen LogP contribution >= 0.6 is 15.9 Å². The summed E-state index contributed by atoms with van der Waals surface area (Å²) in [6.45, 7) is 2.39. The Kier molecular flexibility index (Phi) is 4.55. The number of hydrogen-bond donors (Lipinski definition) is 1.